The predicted octanol–water partition coefficient (Wildman–Crippen LogP) is 0.848. The molecule has 154 valence electrons. The van der Waals surface area contributed by atoms with Gasteiger partial charge in [-0.1, -0.05) is 35.9 Å². The Hall–Kier alpha value is -2.77. The minimum Gasteiger partial charge on any atom is -0.506 e. The van der Waals surface area contributed by atoms with E-state index < -0.39 is 0 Å². The summed E-state index contributed by atoms with van der Waals surface area (Å²) in [4.78, 5) is 29.5. The molecule has 0 spiro atoms. The van der Waals surface area contributed by atoms with Crippen LogP contribution in [-0.4, -0.2) is 68.1 Å². The largest absolute Gasteiger partial charge is 0.506 e. The molecule has 29 heavy (non-hydrogen) atoms. The van der Waals surface area contributed by atoms with Crippen LogP contribution in [0.4, 0.5) is 11.4 Å². The summed E-state index contributed by atoms with van der Waals surface area (Å²) < 4.78 is 0. The number of phenolic OH excluding ortho intramolecular Hbond substituents is 1. The molecular formula is C21H26ClN4O3+. The monoisotopic (exact) mass is 417 g/mol. The Kier molecular flexibility index (Phi) is 6.95. The topological polar surface area (TPSA) is 77.3 Å². The predicted molar refractivity (Wildman–Crippen MR) is 114 cm³/mol. The molecule has 0 radical (unpaired) electrons. The molecule has 0 aromatic heterocycles. The molecule has 2 amide bonds. The van der Waals surface area contributed by atoms with Crippen molar-refractivity contribution in [1.82, 2.24) is 4.90 Å². The molecule has 3 rings (SSSR count). The van der Waals surface area contributed by atoms with Gasteiger partial charge in [-0.25, -0.2) is 0 Å². The molecule has 0 aliphatic carbocycles. The Morgan fingerprint density at radius 3 is 2.48 bits per heavy atom. The lowest BCUT2D eigenvalue weighted by atomic mass is 10.2. The number of phenols is 1. The molecule has 2 aromatic rings. The van der Waals surface area contributed by atoms with E-state index in [1.165, 1.54) is 9.80 Å². The molecule has 0 unspecified atom stereocenters. The number of nitrogens with zero attached hydrogens (tertiary/aromatic N) is 2. The van der Waals surface area contributed by atoms with Gasteiger partial charge in [0.2, 0.25) is 5.91 Å². The first kappa shape index (κ1) is 21.0. The van der Waals surface area contributed by atoms with Crippen molar-refractivity contribution < 1.29 is 19.6 Å². The minimum atomic E-state index is -0.284. The zero-order chi connectivity index (χ0) is 20.8. The molecule has 3 N–H and O–H groups in total. The van der Waals surface area contributed by atoms with E-state index in [9.17, 15) is 14.7 Å². The number of aromatic hydroxyl groups is 1. The number of halogens is 1. The fraction of sp³-hybridized carbons (Fsp3) is 0.333. The lowest BCUT2D eigenvalue weighted by Crippen LogP contribution is -3.15. The number of hydrogen-bond acceptors (Lipinski definition) is 4. The molecule has 2 aromatic carbocycles. The summed E-state index contributed by atoms with van der Waals surface area (Å²) in [5.74, 6) is -0.0880. The third-order valence-electron chi connectivity index (χ3n) is 5.05. The van der Waals surface area contributed by atoms with Crippen LogP contribution in [0.15, 0.2) is 48.5 Å². The van der Waals surface area contributed by atoms with Crippen LogP contribution in [0.25, 0.3) is 0 Å². The van der Waals surface area contributed by atoms with Crippen LogP contribution in [0.2, 0.25) is 5.02 Å². The molecule has 0 saturated carbocycles. The molecule has 8 heteroatoms. The Morgan fingerprint density at radius 2 is 1.79 bits per heavy atom. The van der Waals surface area contributed by atoms with E-state index in [0.717, 1.165) is 31.9 Å². The van der Waals surface area contributed by atoms with Crippen LogP contribution in [0.5, 0.6) is 5.75 Å². The van der Waals surface area contributed by atoms with E-state index in [1.807, 2.05) is 12.1 Å². The van der Waals surface area contributed by atoms with Crippen molar-refractivity contribution in [3.63, 3.8) is 0 Å². The second-order valence-electron chi connectivity index (χ2n) is 7.18. The van der Waals surface area contributed by atoms with Gasteiger partial charge in [-0.05, 0) is 24.3 Å². The van der Waals surface area contributed by atoms with Gasteiger partial charge in [0.25, 0.3) is 5.91 Å². The normalized spacial score (nSPS) is 14.5. The SMILES string of the molecule is CN(CC(=O)Nc1ccccc1Cl)C(=O)C[NH+]1CCN(c2ccccc2O)CC1. The number of nitrogens with one attached hydrogen (secondary N) is 2. The quantitative estimate of drug-likeness (QED) is 0.651. The number of rotatable bonds is 6. The molecule has 1 saturated heterocycles. The number of para-hydroxylation sites is 3. The highest BCUT2D eigenvalue weighted by molar-refractivity contribution is 6.33. The second kappa shape index (κ2) is 9.62. The summed E-state index contributed by atoms with van der Waals surface area (Å²) in [5.41, 5.74) is 1.36. The third-order valence-corrected chi connectivity index (χ3v) is 5.38. The van der Waals surface area contributed by atoms with E-state index in [4.69, 9.17) is 11.6 Å². The zero-order valence-corrected chi connectivity index (χ0v) is 17.2. The molecule has 7 nitrogen and oxygen atoms in total. The van der Waals surface area contributed by atoms with Crippen molar-refractivity contribution in [3.8, 4) is 5.75 Å². The van der Waals surface area contributed by atoms with Crippen LogP contribution in [0.3, 0.4) is 0 Å². The van der Waals surface area contributed by atoms with Crippen molar-refractivity contribution in [1.29, 1.82) is 0 Å². The van der Waals surface area contributed by atoms with Crippen molar-refractivity contribution in [3.05, 3.63) is 53.6 Å². The summed E-state index contributed by atoms with van der Waals surface area (Å²) in [6.07, 6.45) is 0. The summed E-state index contributed by atoms with van der Waals surface area (Å²) in [7, 11) is 1.63. The van der Waals surface area contributed by atoms with E-state index in [0.29, 0.717) is 17.3 Å². The number of carbonyl (C=O) groups is 2. The number of carbonyl (C=O) groups excluding carboxylic acids is 2. The molecule has 1 aliphatic rings. The first-order valence-corrected chi connectivity index (χ1v) is 9.96. The Morgan fingerprint density at radius 1 is 1.14 bits per heavy atom. The maximum Gasteiger partial charge on any atom is 0.277 e. The molecule has 0 bridgehead atoms. The Labute approximate surface area is 175 Å². The molecular weight excluding hydrogens is 392 g/mol. The van der Waals surface area contributed by atoms with Gasteiger partial charge in [-0.2, -0.15) is 0 Å². The Balaban J connectivity index is 1.45. The van der Waals surface area contributed by atoms with Gasteiger partial charge in [-0.15, -0.1) is 0 Å². The zero-order valence-electron chi connectivity index (χ0n) is 16.4. The summed E-state index contributed by atoms with van der Waals surface area (Å²) in [5, 5.41) is 13.2. The van der Waals surface area contributed by atoms with Gasteiger partial charge < -0.3 is 25.1 Å². The Bertz CT molecular complexity index is 869. The number of benzene rings is 2. The van der Waals surface area contributed by atoms with E-state index >= 15 is 0 Å². The lowest BCUT2D eigenvalue weighted by molar-refractivity contribution is -0.892. The third kappa shape index (κ3) is 5.62. The standard InChI is InChI=1S/C21H25ClN4O3/c1-24(14-20(28)23-17-7-3-2-6-16(17)22)21(29)15-25-10-12-26(13-11-25)18-8-4-5-9-19(18)27/h2-9,27H,10-15H2,1H3,(H,23,28)/p+1. The van der Waals surface area contributed by atoms with Crippen LogP contribution in [0, 0.1) is 0 Å². The van der Waals surface area contributed by atoms with Crippen LogP contribution >= 0.6 is 11.6 Å². The molecule has 1 aliphatic heterocycles. The number of piperazine rings is 1. The van der Waals surface area contributed by atoms with Gasteiger partial charge in [0.15, 0.2) is 6.54 Å². The minimum absolute atomic E-state index is 0.0264. The van der Waals surface area contributed by atoms with E-state index in [-0.39, 0.29) is 24.1 Å². The van der Waals surface area contributed by atoms with Crippen LogP contribution in [-0.2, 0) is 9.59 Å². The fourth-order valence-corrected chi connectivity index (χ4v) is 3.56. The number of anilines is 2. The van der Waals surface area contributed by atoms with E-state index in [1.54, 1.807) is 43.4 Å². The van der Waals surface area contributed by atoms with Crippen LogP contribution < -0.4 is 15.1 Å². The molecule has 1 heterocycles. The second-order valence-corrected chi connectivity index (χ2v) is 7.59. The van der Waals surface area contributed by atoms with Gasteiger partial charge in [-0.3, -0.25) is 9.59 Å². The van der Waals surface area contributed by atoms with Gasteiger partial charge in [0.05, 0.1) is 49.1 Å². The highest BCUT2D eigenvalue weighted by Crippen LogP contribution is 2.26. The number of hydrogen-bond donors (Lipinski definition) is 3. The average Bonchev–Trinajstić information content (AvgIpc) is 2.71. The summed E-state index contributed by atoms with van der Waals surface area (Å²) in [6, 6.07) is 14.3. The molecule has 1 fully saturated rings. The van der Waals surface area contributed by atoms with Crippen molar-refractivity contribution in [2.24, 2.45) is 0 Å². The summed E-state index contributed by atoms with van der Waals surface area (Å²) >= 11 is 6.04. The van der Waals surface area contributed by atoms with Gasteiger partial charge in [0.1, 0.15) is 5.75 Å². The maximum absolute atomic E-state index is 12.5. The number of amides is 2. The average molecular weight is 418 g/mol. The fourth-order valence-electron chi connectivity index (χ4n) is 3.38. The first-order valence-electron chi connectivity index (χ1n) is 9.59. The highest BCUT2D eigenvalue weighted by Gasteiger charge is 2.25. The van der Waals surface area contributed by atoms with Crippen molar-refractivity contribution >= 4 is 34.8 Å². The number of likely N-dealkylation sites (N-methyl/N-ethyl adjacent to an activating group) is 1. The van der Waals surface area contributed by atoms with Gasteiger partial charge >= 0.3 is 0 Å². The maximum atomic E-state index is 12.5. The van der Waals surface area contributed by atoms with Crippen molar-refractivity contribution in [2.75, 3.05) is 56.5 Å². The van der Waals surface area contributed by atoms with Gasteiger partial charge in [0, 0.05) is 7.05 Å². The van der Waals surface area contributed by atoms with Crippen LogP contribution in [0.1, 0.15) is 0 Å². The molecule has 0 atom stereocenters. The summed E-state index contributed by atoms with van der Waals surface area (Å²) in [6.45, 7) is 3.42. The highest BCUT2D eigenvalue weighted by atomic mass is 35.5. The lowest BCUT2D eigenvalue weighted by Gasteiger charge is -2.34. The number of quaternary nitrogens is 1. The van der Waals surface area contributed by atoms with E-state index in [2.05, 4.69) is 10.2 Å². The first-order chi connectivity index (χ1) is 13.9. The van der Waals surface area contributed by atoms with Crippen molar-refractivity contribution in [2.45, 2.75) is 0 Å². The smallest absolute Gasteiger partial charge is 0.277 e.